The van der Waals surface area contributed by atoms with E-state index in [1.165, 1.54) is 30.6 Å². The van der Waals surface area contributed by atoms with Crippen molar-refractivity contribution in [2.24, 2.45) is 0 Å². The lowest BCUT2D eigenvalue weighted by molar-refractivity contribution is -0.605. The van der Waals surface area contributed by atoms with Crippen LogP contribution in [0.2, 0.25) is 0 Å². The molecule has 0 aliphatic carbocycles. The van der Waals surface area contributed by atoms with Gasteiger partial charge in [-0.1, -0.05) is 12.1 Å². The van der Waals surface area contributed by atoms with Crippen LogP contribution in [0.5, 0.6) is 0 Å². The van der Waals surface area contributed by atoms with E-state index in [0.29, 0.717) is 15.9 Å². The maximum Gasteiger partial charge on any atom is 0.338 e. The summed E-state index contributed by atoms with van der Waals surface area (Å²) in [6.45, 7) is 3.74. The number of carbonyl (C=O) groups excluding carboxylic acids is 1. The number of ether oxygens (including phenoxy) is 1. The summed E-state index contributed by atoms with van der Waals surface area (Å²) < 4.78 is 11.1. The van der Waals surface area contributed by atoms with Gasteiger partial charge in [-0.2, -0.15) is 4.73 Å². The first-order valence-electron chi connectivity index (χ1n) is 7.34. The van der Waals surface area contributed by atoms with E-state index in [4.69, 9.17) is 9.15 Å². The SMILES string of the molecule is Cc1ccc2c(COC(=O)c3cc[n+]([O-])cc3)cc(=O)oc2c1C. The van der Waals surface area contributed by atoms with Crippen LogP contribution in [0.3, 0.4) is 0 Å². The van der Waals surface area contributed by atoms with Crippen molar-refractivity contribution < 1.29 is 18.7 Å². The van der Waals surface area contributed by atoms with Gasteiger partial charge < -0.3 is 14.4 Å². The van der Waals surface area contributed by atoms with Crippen LogP contribution in [-0.4, -0.2) is 5.97 Å². The number of rotatable bonds is 3. The molecule has 0 aliphatic heterocycles. The van der Waals surface area contributed by atoms with Gasteiger partial charge >= 0.3 is 11.6 Å². The van der Waals surface area contributed by atoms with Crippen molar-refractivity contribution in [1.29, 1.82) is 0 Å². The monoisotopic (exact) mass is 325 g/mol. The second-order valence-corrected chi connectivity index (χ2v) is 5.50. The number of benzene rings is 1. The number of carbonyl (C=O) groups is 1. The Hall–Kier alpha value is -3.15. The molecule has 24 heavy (non-hydrogen) atoms. The smallest absolute Gasteiger partial charge is 0.338 e. The zero-order chi connectivity index (χ0) is 17.3. The predicted octanol–water partition coefficient (Wildman–Crippen LogP) is 2.40. The van der Waals surface area contributed by atoms with Gasteiger partial charge in [0.1, 0.15) is 12.2 Å². The highest BCUT2D eigenvalue weighted by atomic mass is 16.5. The van der Waals surface area contributed by atoms with Gasteiger partial charge in [-0.05, 0) is 25.0 Å². The molecular weight excluding hydrogens is 310 g/mol. The molecule has 0 bridgehead atoms. The molecule has 0 aliphatic rings. The molecule has 0 unspecified atom stereocenters. The first kappa shape index (κ1) is 15.7. The number of fused-ring (bicyclic) bond motifs is 1. The quantitative estimate of drug-likeness (QED) is 0.319. The largest absolute Gasteiger partial charge is 0.619 e. The van der Waals surface area contributed by atoms with E-state index in [9.17, 15) is 14.8 Å². The fraction of sp³-hybridized carbons (Fsp3) is 0.167. The molecule has 2 aromatic heterocycles. The summed E-state index contributed by atoms with van der Waals surface area (Å²) in [6, 6.07) is 7.83. The first-order valence-corrected chi connectivity index (χ1v) is 7.34. The van der Waals surface area contributed by atoms with E-state index in [1.54, 1.807) is 0 Å². The van der Waals surface area contributed by atoms with Crippen LogP contribution >= 0.6 is 0 Å². The van der Waals surface area contributed by atoms with Gasteiger partial charge in [0.2, 0.25) is 0 Å². The Bertz CT molecular complexity index is 973. The summed E-state index contributed by atoms with van der Waals surface area (Å²) in [6.07, 6.45) is 2.44. The van der Waals surface area contributed by atoms with Gasteiger partial charge in [-0.15, -0.1) is 0 Å². The molecule has 6 nitrogen and oxygen atoms in total. The Morgan fingerprint density at radius 3 is 2.62 bits per heavy atom. The molecule has 0 saturated heterocycles. The molecule has 0 saturated carbocycles. The third-order valence-corrected chi connectivity index (χ3v) is 3.91. The van der Waals surface area contributed by atoms with Crippen molar-refractivity contribution in [2.75, 3.05) is 0 Å². The Kier molecular flexibility index (Phi) is 4.04. The number of nitrogens with zero attached hydrogens (tertiary/aromatic N) is 1. The highest BCUT2D eigenvalue weighted by Gasteiger charge is 2.13. The topological polar surface area (TPSA) is 83.5 Å². The highest BCUT2D eigenvalue weighted by molar-refractivity contribution is 5.89. The van der Waals surface area contributed by atoms with Crippen LogP contribution < -0.4 is 10.4 Å². The van der Waals surface area contributed by atoms with Gasteiger partial charge in [0.25, 0.3) is 0 Å². The zero-order valence-electron chi connectivity index (χ0n) is 13.2. The average Bonchev–Trinajstić information content (AvgIpc) is 2.56. The molecule has 6 heteroatoms. The number of hydrogen-bond donors (Lipinski definition) is 0. The molecule has 0 radical (unpaired) electrons. The van der Waals surface area contributed by atoms with Crippen molar-refractivity contribution in [3.05, 3.63) is 80.6 Å². The second kappa shape index (κ2) is 6.16. The van der Waals surface area contributed by atoms with Crippen molar-refractivity contribution in [3.8, 4) is 0 Å². The van der Waals surface area contributed by atoms with Gasteiger partial charge in [0, 0.05) is 29.1 Å². The lowest BCUT2D eigenvalue weighted by Crippen LogP contribution is -2.24. The molecule has 0 spiro atoms. The lowest BCUT2D eigenvalue weighted by atomic mass is 10.0. The van der Waals surface area contributed by atoms with Crippen molar-refractivity contribution in [2.45, 2.75) is 20.5 Å². The molecule has 3 rings (SSSR count). The van der Waals surface area contributed by atoms with Crippen molar-refractivity contribution in [3.63, 3.8) is 0 Å². The van der Waals surface area contributed by atoms with E-state index < -0.39 is 11.6 Å². The van der Waals surface area contributed by atoms with Crippen LogP contribution in [0.4, 0.5) is 0 Å². The van der Waals surface area contributed by atoms with E-state index in [2.05, 4.69) is 0 Å². The highest BCUT2D eigenvalue weighted by Crippen LogP contribution is 2.23. The van der Waals surface area contributed by atoms with Gasteiger partial charge in [-0.3, -0.25) is 0 Å². The molecule has 0 fully saturated rings. The summed E-state index contributed by atoms with van der Waals surface area (Å²) in [5.41, 5.74) is 2.74. The molecule has 0 N–H and O–H groups in total. The summed E-state index contributed by atoms with van der Waals surface area (Å²) in [5.74, 6) is -0.569. The maximum absolute atomic E-state index is 12.0. The van der Waals surface area contributed by atoms with Gasteiger partial charge in [0.05, 0.1) is 5.56 Å². The summed E-state index contributed by atoms with van der Waals surface area (Å²) in [7, 11) is 0. The summed E-state index contributed by atoms with van der Waals surface area (Å²) in [4.78, 5) is 23.8. The lowest BCUT2D eigenvalue weighted by Gasteiger charge is -2.09. The first-order chi connectivity index (χ1) is 11.5. The van der Waals surface area contributed by atoms with Crippen LogP contribution in [-0.2, 0) is 11.3 Å². The fourth-order valence-corrected chi connectivity index (χ4v) is 2.42. The van der Waals surface area contributed by atoms with Crippen molar-refractivity contribution in [1.82, 2.24) is 0 Å². The zero-order valence-corrected chi connectivity index (χ0v) is 13.2. The molecule has 0 amide bonds. The molecule has 1 aromatic carbocycles. The Morgan fingerprint density at radius 1 is 1.21 bits per heavy atom. The van der Waals surface area contributed by atoms with Crippen LogP contribution in [0.1, 0.15) is 27.0 Å². The van der Waals surface area contributed by atoms with Crippen LogP contribution in [0, 0.1) is 19.1 Å². The normalized spacial score (nSPS) is 10.8. The number of aryl methyl sites for hydroxylation is 2. The third-order valence-electron chi connectivity index (χ3n) is 3.91. The van der Waals surface area contributed by atoms with E-state index in [1.807, 2.05) is 26.0 Å². The molecule has 2 heterocycles. The minimum Gasteiger partial charge on any atom is -0.619 e. The molecule has 3 aromatic rings. The van der Waals surface area contributed by atoms with Crippen molar-refractivity contribution >= 4 is 16.9 Å². The third kappa shape index (κ3) is 2.99. The Balaban J connectivity index is 1.90. The molecular formula is C18H15NO5. The van der Waals surface area contributed by atoms with Gasteiger partial charge in [0.15, 0.2) is 12.4 Å². The number of hydrogen-bond acceptors (Lipinski definition) is 5. The average molecular weight is 325 g/mol. The summed E-state index contributed by atoms with van der Waals surface area (Å²) in [5, 5.41) is 11.7. The Morgan fingerprint density at radius 2 is 1.92 bits per heavy atom. The van der Waals surface area contributed by atoms with Crippen LogP contribution in [0.15, 0.2) is 51.9 Å². The van der Waals surface area contributed by atoms with Gasteiger partial charge in [-0.25, -0.2) is 9.59 Å². The van der Waals surface area contributed by atoms with Crippen LogP contribution in [0.25, 0.3) is 11.0 Å². The number of esters is 1. The second-order valence-electron chi connectivity index (χ2n) is 5.50. The Labute approximate surface area is 137 Å². The number of pyridine rings is 1. The molecule has 0 atom stereocenters. The predicted molar refractivity (Wildman–Crippen MR) is 86.5 cm³/mol. The minimum absolute atomic E-state index is 0.0598. The standard InChI is InChI=1S/C18H15NO5/c1-11-3-4-15-14(9-16(20)24-17(15)12(11)2)10-23-18(21)13-5-7-19(22)8-6-13/h3-9H,10H2,1-2H3. The summed E-state index contributed by atoms with van der Waals surface area (Å²) >= 11 is 0. The fourth-order valence-electron chi connectivity index (χ4n) is 2.42. The minimum atomic E-state index is -0.569. The van der Waals surface area contributed by atoms with E-state index in [0.717, 1.165) is 16.5 Å². The van der Waals surface area contributed by atoms with E-state index in [-0.39, 0.29) is 12.2 Å². The number of aromatic nitrogens is 1. The molecule has 122 valence electrons. The van der Waals surface area contributed by atoms with E-state index >= 15 is 0 Å². The maximum atomic E-state index is 12.0.